The Kier molecular flexibility index (Phi) is 4.45. The van der Waals surface area contributed by atoms with Crippen molar-refractivity contribution in [3.05, 3.63) is 65.7 Å². The number of hydrogen-bond donors (Lipinski definition) is 1. The van der Waals surface area contributed by atoms with E-state index in [4.69, 9.17) is 0 Å². The summed E-state index contributed by atoms with van der Waals surface area (Å²) in [6, 6.07) is 12.3. The van der Waals surface area contributed by atoms with Crippen molar-refractivity contribution in [3.8, 4) is 0 Å². The molecule has 0 saturated carbocycles. The Bertz CT molecular complexity index is 578. The Labute approximate surface area is 116 Å². The van der Waals surface area contributed by atoms with E-state index in [-0.39, 0.29) is 17.5 Å². The largest absolute Gasteiger partial charge is 0.325 e. The molecule has 0 bridgehead atoms. The van der Waals surface area contributed by atoms with Gasteiger partial charge in [0, 0.05) is 11.8 Å². The molecule has 2 nitrogen and oxygen atoms in total. The number of halogens is 2. The highest BCUT2D eigenvalue weighted by molar-refractivity contribution is 5.95. The molecule has 0 unspecified atom stereocenters. The lowest BCUT2D eigenvalue weighted by Gasteiger charge is -2.15. The highest BCUT2D eigenvalue weighted by Crippen LogP contribution is 2.22. The Balaban J connectivity index is 2.18. The van der Waals surface area contributed by atoms with Crippen LogP contribution in [0.15, 0.2) is 48.5 Å². The Morgan fingerprint density at radius 3 is 2.25 bits per heavy atom. The topological polar surface area (TPSA) is 29.1 Å². The normalized spacial score (nSPS) is 11.9. The molecule has 20 heavy (non-hydrogen) atoms. The van der Waals surface area contributed by atoms with Crippen LogP contribution in [0.1, 0.15) is 24.8 Å². The molecule has 0 fully saturated rings. The number of nitrogens with one attached hydrogen (secondary N) is 1. The summed E-state index contributed by atoms with van der Waals surface area (Å²) in [5.74, 6) is -2.05. The van der Waals surface area contributed by atoms with Crippen LogP contribution in [0.4, 0.5) is 14.5 Å². The van der Waals surface area contributed by atoms with Crippen LogP contribution >= 0.6 is 0 Å². The van der Waals surface area contributed by atoms with Crippen molar-refractivity contribution in [2.75, 3.05) is 5.32 Å². The molecule has 0 aliphatic heterocycles. The first-order valence-electron chi connectivity index (χ1n) is 6.42. The van der Waals surface area contributed by atoms with Crippen LogP contribution in [-0.4, -0.2) is 5.91 Å². The van der Waals surface area contributed by atoms with E-state index in [0.29, 0.717) is 6.42 Å². The molecule has 0 aliphatic carbocycles. The average molecular weight is 275 g/mol. The molecular formula is C16H15F2NO. The predicted molar refractivity (Wildman–Crippen MR) is 74.5 cm³/mol. The van der Waals surface area contributed by atoms with E-state index in [1.54, 1.807) is 0 Å². The van der Waals surface area contributed by atoms with Crippen LogP contribution in [0.3, 0.4) is 0 Å². The van der Waals surface area contributed by atoms with Gasteiger partial charge < -0.3 is 5.32 Å². The summed E-state index contributed by atoms with van der Waals surface area (Å²) in [4.78, 5) is 12.2. The van der Waals surface area contributed by atoms with Crippen molar-refractivity contribution in [1.82, 2.24) is 0 Å². The summed E-state index contributed by atoms with van der Waals surface area (Å²) >= 11 is 0. The smallest absolute Gasteiger partial charge is 0.231 e. The van der Waals surface area contributed by atoms with Gasteiger partial charge in [-0.15, -0.1) is 0 Å². The zero-order valence-corrected chi connectivity index (χ0v) is 11.1. The summed E-state index contributed by atoms with van der Waals surface area (Å²) in [5, 5.41) is 2.55. The zero-order chi connectivity index (χ0) is 14.5. The second-order valence-corrected chi connectivity index (χ2v) is 4.52. The quantitative estimate of drug-likeness (QED) is 0.894. The van der Waals surface area contributed by atoms with Crippen molar-refractivity contribution in [2.45, 2.75) is 19.3 Å². The van der Waals surface area contributed by atoms with Gasteiger partial charge in [-0.3, -0.25) is 4.79 Å². The fraction of sp³-hybridized carbons (Fsp3) is 0.188. The van der Waals surface area contributed by atoms with Crippen molar-refractivity contribution < 1.29 is 13.6 Å². The van der Waals surface area contributed by atoms with Crippen LogP contribution in [-0.2, 0) is 4.79 Å². The molecule has 0 heterocycles. The van der Waals surface area contributed by atoms with Gasteiger partial charge in [0.15, 0.2) is 0 Å². The number of amides is 1. The van der Waals surface area contributed by atoms with Crippen LogP contribution in [0, 0.1) is 11.6 Å². The molecule has 0 radical (unpaired) electrons. The summed E-state index contributed by atoms with van der Waals surface area (Å²) in [6.45, 7) is 1.89. The minimum Gasteiger partial charge on any atom is -0.325 e. The molecule has 0 aliphatic rings. The molecule has 2 rings (SSSR count). The second-order valence-electron chi connectivity index (χ2n) is 4.52. The van der Waals surface area contributed by atoms with Gasteiger partial charge in [-0.2, -0.15) is 0 Å². The van der Waals surface area contributed by atoms with E-state index >= 15 is 0 Å². The first-order valence-corrected chi connectivity index (χ1v) is 6.42. The Morgan fingerprint density at radius 1 is 1.10 bits per heavy atom. The summed E-state index contributed by atoms with van der Waals surface area (Å²) in [5.41, 5.74) is 1.01. The van der Waals surface area contributed by atoms with Gasteiger partial charge in [-0.05, 0) is 24.1 Å². The van der Waals surface area contributed by atoms with E-state index in [2.05, 4.69) is 5.32 Å². The SMILES string of the molecule is CC[C@@H](C(=O)Nc1cc(F)cc(F)c1)c1ccccc1. The highest BCUT2D eigenvalue weighted by atomic mass is 19.1. The Morgan fingerprint density at radius 2 is 1.70 bits per heavy atom. The molecule has 1 amide bonds. The van der Waals surface area contributed by atoms with Gasteiger partial charge in [0.25, 0.3) is 0 Å². The first-order chi connectivity index (χ1) is 9.60. The molecule has 4 heteroatoms. The van der Waals surface area contributed by atoms with Gasteiger partial charge >= 0.3 is 0 Å². The van der Waals surface area contributed by atoms with Crippen molar-refractivity contribution >= 4 is 11.6 Å². The maximum atomic E-state index is 13.1. The van der Waals surface area contributed by atoms with Crippen molar-refractivity contribution in [2.24, 2.45) is 0 Å². The molecule has 2 aromatic rings. The third-order valence-corrected chi connectivity index (χ3v) is 3.06. The molecule has 0 saturated heterocycles. The van der Waals surface area contributed by atoms with Gasteiger partial charge in [-0.1, -0.05) is 37.3 Å². The number of benzene rings is 2. The number of rotatable bonds is 4. The molecule has 0 aromatic heterocycles. The van der Waals surface area contributed by atoms with E-state index in [1.165, 1.54) is 0 Å². The lowest BCUT2D eigenvalue weighted by molar-refractivity contribution is -0.117. The Hall–Kier alpha value is -2.23. The predicted octanol–water partition coefficient (Wildman–Crippen LogP) is 4.10. The zero-order valence-electron chi connectivity index (χ0n) is 11.1. The molecule has 0 spiro atoms. The first kappa shape index (κ1) is 14.2. The average Bonchev–Trinajstić information content (AvgIpc) is 2.39. The molecule has 104 valence electrons. The number of carbonyl (C=O) groups is 1. The molecule has 1 atom stereocenters. The van der Waals surface area contributed by atoms with Crippen LogP contribution in [0.2, 0.25) is 0 Å². The fourth-order valence-electron chi connectivity index (χ4n) is 2.11. The summed E-state index contributed by atoms with van der Waals surface area (Å²) in [6.07, 6.45) is 0.605. The lowest BCUT2D eigenvalue weighted by Crippen LogP contribution is -2.20. The van der Waals surface area contributed by atoms with Crippen LogP contribution in [0.25, 0.3) is 0 Å². The maximum absolute atomic E-state index is 13.1. The van der Waals surface area contributed by atoms with Crippen molar-refractivity contribution in [1.29, 1.82) is 0 Å². The monoisotopic (exact) mass is 275 g/mol. The van der Waals surface area contributed by atoms with E-state index in [9.17, 15) is 13.6 Å². The third kappa shape index (κ3) is 3.41. The van der Waals surface area contributed by atoms with Crippen LogP contribution in [0.5, 0.6) is 0 Å². The van der Waals surface area contributed by atoms with Crippen LogP contribution < -0.4 is 5.32 Å². The van der Waals surface area contributed by atoms with Gasteiger partial charge in [0.1, 0.15) is 11.6 Å². The molecule has 2 aromatic carbocycles. The van der Waals surface area contributed by atoms with E-state index in [1.807, 2.05) is 37.3 Å². The minimum atomic E-state index is -0.715. The minimum absolute atomic E-state index is 0.127. The summed E-state index contributed by atoms with van der Waals surface area (Å²) in [7, 11) is 0. The number of anilines is 1. The fourth-order valence-corrected chi connectivity index (χ4v) is 2.11. The van der Waals surface area contributed by atoms with E-state index < -0.39 is 11.6 Å². The highest BCUT2D eigenvalue weighted by Gasteiger charge is 2.18. The summed E-state index contributed by atoms with van der Waals surface area (Å²) < 4.78 is 26.2. The maximum Gasteiger partial charge on any atom is 0.231 e. The van der Waals surface area contributed by atoms with Crippen molar-refractivity contribution in [3.63, 3.8) is 0 Å². The number of carbonyl (C=O) groups excluding carboxylic acids is 1. The molecule has 1 N–H and O–H groups in total. The molecular weight excluding hydrogens is 260 g/mol. The van der Waals surface area contributed by atoms with E-state index in [0.717, 1.165) is 23.8 Å². The third-order valence-electron chi connectivity index (χ3n) is 3.06. The van der Waals surface area contributed by atoms with Gasteiger partial charge in [0.05, 0.1) is 5.92 Å². The standard InChI is InChI=1S/C16H15F2NO/c1-2-15(11-6-4-3-5-7-11)16(20)19-14-9-12(17)8-13(18)10-14/h3-10,15H,2H2,1H3,(H,19,20)/t15-/m1/s1. The lowest BCUT2D eigenvalue weighted by atomic mass is 9.95. The van der Waals surface area contributed by atoms with Gasteiger partial charge in [-0.25, -0.2) is 8.78 Å². The second kappa shape index (κ2) is 6.28. The number of hydrogen-bond acceptors (Lipinski definition) is 1. The van der Waals surface area contributed by atoms with Gasteiger partial charge in [0.2, 0.25) is 5.91 Å².